The minimum absolute atomic E-state index is 0.0407. The summed E-state index contributed by atoms with van der Waals surface area (Å²) >= 11 is 0. The molecule has 11 heteroatoms. The molecular weight excluding hydrogens is 431 g/mol. The highest BCUT2D eigenvalue weighted by molar-refractivity contribution is 5.99. The summed E-state index contributed by atoms with van der Waals surface area (Å²) in [7, 11) is 0. The first-order chi connectivity index (χ1) is 15.3. The molecule has 5 atom stereocenters. The zero-order chi connectivity index (χ0) is 22.5. The van der Waals surface area contributed by atoms with Crippen LogP contribution in [0, 0.1) is 29.3 Å². The molecule has 4 aliphatic rings. The van der Waals surface area contributed by atoms with Gasteiger partial charge in [-0.3, -0.25) is 14.4 Å². The fraction of sp³-hybridized carbons (Fsp3) is 0.381. The van der Waals surface area contributed by atoms with Crippen LogP contribution in [0.25, 0.3) is 0 Å². The number of aromatic hydroxyl groups is 1. The van der Waals surface area contributed by atoms with Crippen LogP contribution in [0.3, 0.4) is 0 Å². The largest absolute Gasteiger partial charge is 0.503 e. The van der Waals surface area contributed by atoms with Gasteiger partial charge in [0, 0.05) is 30.4 Å². The maximum atomic E-state index is 13.8. The van der Waals surface area contributed by atoms with Gasteiger partial charge in [0.1, 0.15) is 23.0 Å². The number of nitrogens with zero attached hydrogens (tertiary/aromatic N) is 2. The number of hydrogen-bond acceptors (Lipinski definition) is 5. The maximum absolute atomic E-state index is 13.8. The van der Waals surface area contributed by atoms with Gasteiger partial charge in [-0.25, -0.2) is 13.2 Å². The van der Waals surface area contributed by atoms with Crippen molar-refractivity contribution in [3.05, 3.63) is 62.8 Å². The first-order valence-electron chi connectivity index (χ1n) is 10.1. The van der Waals surface area contributed by atoms with Crippen LogP contribution >= 0.6 is 0 Å². The summed E-state index contributed by atoms with van der Waals surface area (Å²) in [6, 6.07) is 0.893. The van der Waals surface area contributed by atoms with Gasteiger partial charge in [0.2, 0.25) is 5.43 Å². The summed E-state index contributed by atoms with van der Waals surface area (Å²) in [6.45, 7) is -0.522. The molecule has 1 aromatic heterocycles. The molecule has 3 heterocycles. The van der Waals surface area contributed by atoms with Crippen LogP contribution < -0.4 is 10.7 Å². The summed E-state index contributed by atoms with van der Waals surface area (Å²) < 4.78 is 47.9. The second-order valence-electron chi connectivity index (χ2n) is 8.57. The van der Waals surface area contributed by atoms with E-state index in [1.165, 1.54) is 4.57 Å². The SMILES string of the molecule is O=C(NCc1c(F)cc(F)cc1F)c1cn2c(c(O)c1=O)C(=O)N1C(C2)O[C@H]2C1[C@@H]1C[C@@H]12. The van der Waals surface area contributed by atoms with Crippen LogP contribution in [0.2, 0.25) is 0 Å². The molecule has 8 nitrogen and oxygen atoms in total. The van der Waals surface area contributed by atoms with Gasteiger partial charge in [-0.2, -0.15) is 0 Å². The van der Waals surface area contributed by atoms with Gasteiger partial charge < -0.3 is 24.6 Å². The first kappa shape index (κ1) is 19.4. The number of carbonyl (C=O) groups is 2. The molecule has 3 fully saturated rings. The van der Waals surface area contributed by atoms with Crippen molar-refractivity contribution in [2.75, 3.05) is 0 Å². The molecule has 2 amide bonds. The van der Waals surface area contributed by atoms with E-state index < -0.39 is 64.3 Å². The number of aromatic nitrogens is 1. The number of nitrogens with one attached hydrogen (secondary N) is 1. The summed E-state index contributed by atoms with van der Waals surface area (Å²) in [5, 5.41) is 12.6. The zero-order valence-electron chi connectivity index (χ0n) is 16.3. The van der Waals surface area contributed by atoms with E-state index in [0.29, 0.717) is 24.0 Å². The summed E-state index contributed by atoms with van der Waals surface area (Å²) in [4.78, 5) is 39.8. The molecule has 1 saturated heterocycles. The summed E-state index contributed by atoms with van der Waals surface area (Å²) in [5.74, 6) is -5.05. The quantitative estimate of drug-likeness (QED) is 0.734. The Hall–Kier alpha value is -3.34. The zero-order valence-corrected chi connectivity index (χ0v) is 16.3. The highest BCUT2D eigenvalue weighted by Crippen LogP contribution is 2.63. The van der Waals surface area contributed by atoms with Gasteiger partial charge >= 0.3 is 0 Å². The van der Waals surface area contributed by atoms with Crippen LogP contribution in [0.4, 0.5) is 13.2 Å². The Labute approximate surface area is 178 Å². The van der Waals surface area contributed by atoms with E-state index in [2.05, 4.69) is 5.32 Å². The Morgan fingerprint density at radius 2 is 1.91 bits per heavy atom. The number of amides is 2. The molecule has 0 bridgehead atoms. The van der Waals surface area contributed by atoms with E-state index >= 15 is 0 Å². The molecule has 2 N–H and O–H groups in total. The molecule has 2 unspecified atom stereocenters. The number of halogens is 3. The Balaban J connectivity index is 1.29. The lowest BCUT2D eigenvalue weighted by atomic mass is 9.88. The molecule has 1 aromatic carbocycles. The lowest BCUT2D eigenvalue weighted by Gasteiger charge is -2.37. The minimum Gasteiger partial charge on any atom is -0.503 e. The van der Waals surface area contributed by atoms with Crippen molar-refractivity contribution in [2.24, 2.45) is 11.8 Å². The Kier molecular flexibility index (Phi) is 3.84. The van der Waals surface area contributed by atoms with Crippen molar-refractivity contribution in [1.82, 2.24) is 14.8 Å². The Morgan fingerprint density at radius 3 is 2.62 bits per heavy atom. The van der Waals surface area contributed by atoms with E-state index in [0.717, 1.165) is 12.6 Å². The van der Waals surface area contributed by atoms with E-state index in [1.807, 2.05) is 0 Å². The Morgan fingerprint density at radius 1 is 1.19 bits per heavy atom. The Bertz CT molecular complexity index is 1260. The van der Waals surface area contributed by atoms with Crippen molar-refractivity contribution < 1.29 is 32.6 Å². The summed E-state index contributed by atoms with van der Waals surface area (Å²) in [5.41, 5.74) is -2.37. The second-order valence-corrected chi connectivity index (χ2v) is 8.57. The number of hydrogen-bond donors (Lipinski definition) is 2. The van der Waals surface area contributed by atoms with Crippen molar-refractivity contribution in [1.29, 1.82) is 0 Å². The fourth-order valence-electron chi connectivity index (χ4n) is 5.22. The molecule has 0 radical (unpaired) electrons. The van der Waals surface area contributed by atoms with Crippen LogP contribution in [0.1, 0.15) is 32.8 Å². The van der Waals surface area contributed by atoms with Gasteiger partial charge in [0.25, 0.3) is 11.8 Å². The molecule has 6 rings (SSSR count). The minimum atomic E-state index is -1.19. The van der Waals surface area contributed by atoms with Crippen molar-refractivity contribution >= 4 is 11.8 Å². The predicted octanol–water partition coefficient (Wildman–Crippen LogP) is 1.10. The summed E-state index contributed by atoms with van der Waals surface area (Å²) in [6.07, 6.45) is 1.53. The first-order valence-corrected chi connectivity index (χ1v) is 10.1. The van der Waals surface area contributed by atoms with Crippen molar-refractivity contribution in [3.63, 3.8) is 0 Å². The number of rotatable bonds is 3. The molecule has 2 saturated carbocycles. The van der Waals surface area contributed by atoms with Gasteiger partial charge in [-0.05, 0) is 18.3 Å². The van der Waals surface area contributed by atoms with Gasteiger partial charge in [0.15, 0.2) is 17.7 Å². The normalized spacial score (nSPS) is 28.9. The molecular formula is C21H16F3N3O5. The highest BCUT2D eigenvalue weighted by Gasteiger charge is 2.70. The van der Waals surface area contributed by atoms with Crippen LogP contribution in [-0.4, -0.2) is 44.8 Å². The van der Waals surface area contributed by atoms with E-state index in [1.54, 1.807) is 4.90 Å². The van der Waals surface area contributed by atoms with E-state index in [4.69, 9.17) is 4.74 Å². The number of benzene rings is 1. The second kappa shape index (κ2) is 6.35. The third-order valence-electron chi connectivity index (χ3n) is 6.86. The van der Waals surface area contributed by atoms with Crippen LogP contribution in [0.5, 0.6) is 5.75 Å². The molecule has 2 aliphatic heterocycles. The molecule has 2 aliphatic carbocycles. The number of fused-ring (bicyclic) bond motifs is 7. The fourth-order valence-corrected chi connectivity index (χ4v) is 5.22. The number of carbonyl (C=O) groups excluding carboxylic acids is 2. The molecule has 0 spiro atoms. The number of pyridine rings is 1. The highest BCUT2D eigenvalue weighted by atomic mass is 19.1. The molecule has 2 aromatic rings. The lowest BCUT2D eigenvalue weighted by molar-refractivity contribution is -0.0231. The number of ether oxygens (including phenoxy) is 1. The predicted molar refractivity (Wildman–Crippen MR) is 100 cm³/mol. The smallest absolute Gasteiger partial charge is 0.276 e. The van der Waals surface area contributed by atoms with Gasteiger partial charge in [-0.1, -0.05) is 0 Å². The van der Waals surface area contributed by atoms with E-state index in [-0.39, 0.29) is 24.4 Å². The molecule has 32 heavy (non-hydrogen) atoms. The van der Waals surface area contributed by atoms with Crippen molar-refractivity contribution in [3.8, 4) is 5.75 Å². The third kappa shape index (κ3) is 2.51. The maximum Gasteiger partial charge on any atom is 0.276 e. The van der Waals surface area contributed by atoms with Gasteiger partial charge in [-0.15, -0.1) is 0 Å². The van der Waals surface area contributed by atoms with Gasteiger partial charge in [0.05, 0.1) is 18.7 Å². The average molecular weight is 447 g/mol. The monoisotopic (exact) mass is 447 g/mol. The van der Waals surface area contributed by atoms with Crippen LogP contribution in [-0.2, 0) is 17.8 Å². The average Bonchev–Trinajstić information content (AvgIpc) is 3.35. The standard InChI is InChI=1S/C21H16F3N3O5/c22-7-1-12(23)10(13(24)2-7)4-25-20(30)11-5-26-6-14-27(15-8-3-9(8)19(15)32-14)21(31)16(26)18(29)17(11)28/h1-2,5,8-9,14-15,19,29H,3-4,6H2,(H,25,30)/t8-,9+,14?,15?,19-/m1/s1. The van der Waals surface area contributed by atoms with E-state index in [9.17, 15) is 32.7 Å². The third-order valence-corrected chi connectivity index (χ3v) is 6.86. The lowest BCUT2D eigenvalue weighted by Crippen LogP contribution is -2.53. The topological polar surface area (TPSA) is 101 Å². The molecule has 166 valence electrons. The van der Waals surface area contributed by atoms with Crippen molar-refractivity contribution in [2.45, 2.75) is 37.9 Å². The van der Waals surface area contributed by atoms with Crippen LogP contribution in [0.15, 0.2) is 23.1 Å².